The number of aliphatic hydroxyl groups excluding tert-OH is 1. The number of fused-ring (bicyclic) bond motifs is 3. The number of rotatable bonds is 0. The molecule has 0 aromatic heterocycles. The van der Waals surface area contributed by atoms with Gasteiger partial charge in [0.25, 0.3) is 0 Å². The van der Waals surface area contributed by atoms with Crippen molar-refractivity contribution in [1.82, 2.24) is 0 Å². The topological polar surface area (TPSA) is 29.5 Å². The molecule has 3 rings (SSSR count). The Bertz CT molecular complexity index is 538. The molecular weight excluding hydrogens is 224 g/mol. The highest BCUT2D eigenvalue weighted by Gasteiger charge is 2.28. The summed E-state index contributed by atoms with van der Waals surface area (Å²) in [5.41, 5.74) is 0.782. The highest BCUT2D eigenvalue weighted by molar-refractivity contribution is 6.21. The summed E-state index contributed by atoms with van der Waals surface area (Å²) in [5.74, 6) is 0.766. The first-order valence-corrected chi connectivity index (χ1v) is 5.67. The predicted octanol–water partition coefficient (Wildman–Crippen LogP) is 2.87. The zero-order chi connectivity index (χ0) is 11.1. The molecular formula is C13H11ClO2. The maximum atomic E-state index is 9.98. The fourth-order valence-corrected chi connectivity index (χ4v) is 2.30. The molecule has 1 aliphatic rings. The first-order valence-electron chi connectivity index (χ1n) is 5.24. The van der Waals surface area contributed by atoms with E-state index in [0.717, 1.165) is 22.1 Å². The molecule has 0 radical (unpaired) electrons. The lowest BCUT2D eigenvalue weighted by atomic mass is 9.98. The second-order valence-electron chi connectivity index (χ2n) is 3.98. The Hall–Kier alpha value is -1.25. The third-order valence-electron chi connectivity index (χ3n) is 2.96. The number of alkyl halides is 1. The number of aliphatic hydroxyl groups is 1. The molecule has 0 saturated carbocycles. The van der Waals surface area contributed by atoms with E-state index in [1.54, 1.807) is 0 Å². The second-order valence-corrected chi connectivity index (χ2v) is 4.54. The summed E-state index contributed by atoms with van der Waals surface area (Å²) in [4.78, 5) is 0. The monoisotopic (exact) mass is 234 g/mol. The molecule has 1 heterocycles. The van der Waals surface area contributed by atoms with Crippen LogP contribution in [0.1, 0.15) is 11.7 Å². The van der Waals surface area contributed by atoms with Crippen LogP contribution >= 0.6 is 11.6 Å². The van der Waals surface area contributed by atoms with Crippen molar-refractivity contribution in [3.05, 3.63) is 42.0 Å². The molecule has 1 aliphatic heterocycles. The molecule has 2 unspecified atom stereocenters. The summed E-state index contributed by atoms with van der Waals surface area (Å²) in [5, 5.41) is 11.8. The van der Waals surface area contributed by atoms with Gasteiger partial charge in [0.15, 0.2) is 0 Å². The molecule has 2 aromatic rings. The van der Waals surface area contributed by atoms with Gasteiger partial charge in [0.05, 0.1) is 5.38 Å². The van der Waals surface area contributed by atoms with Gasteiger partial charge in [-0.1, -0.05) is 36.4 Å². The predicted molar refractivity (Wildman–Crippen MR) is 64.0 cm³/mol. The van der Waals surface area contributed by atoms with E-state index in [0.29, 0.717) is 6.61 Å². The summed E-state index contributed by atoms with van der Waals surface area (Å²) in [7, 11) is 0. The van der Waals surface area contributed by atoms with Gasteiger partial charge < -0.3 is 9.84 Å². The van der Waals surface area contributed by atoms with E-state index in [1.807, 2.05) is 36.4 Å². The highest BCUT2D eigenvalue weighted by atomic mass is 35.5. The van der Waals surface area contributed by atoms with E-state index in [-0.39, 0.29) is 5.38 Å². The zero-order valence-electron chi connectivity index (χ0n) is 8.56. The molecule has 0 saturated heterocycles. The molecule has 82 valence electrons. The Labute approximate surface area is 98.4 Å². The van der Waals surface area contributed by atoms with E-state index in [4.69, 9.17) is 16.3 Å². The van der Waals surface area contributed by atoms with Crippen LogP contribution in [0.15, 0.2) is 36.4 Å². The van der Waals surface area contributed by atoms with E-state index >= 15 is 0 Å². The average Bonchev–Trinajstić information content (AvgIpc) is 2.33. The first kappa shape index (κ1) is 9.94. The Morgan fingerprint density at radius 3 is 2.88 bits per heavy atom. The number of hydrogen-bond donors (Lipinski definition) is 1. The minimum absolute atomic E-state index is 0.351. The minimum Gasteiger partial charge on any atom is -0.491 e. The van der Waals surface area contributed by atoms with Crippen LogP contribution in [0.4, 0.5) is 0 Å². The third-order valence-corrected chi connectivity index (χ3v) is 3.32. The second kappa shape index (κ2) is 3.65. The van der Waals surface area contributed by atoms with Crippen LogP contribution < -0.4 is 4.74 Å². The zero-order valence-corrected chi connectivity index (χ0v) is 9.32. The molecule has 0 amide bonds. The molecule has 2 aromatic carbocycles. The fraction of sp³-hybridized carbons (Fsp3) is 0.231. The van der Waals surface area contributed by atoms with Crippen LogP contribution in [0, 0.1) is 0 Å². The maximum Gasteiger partial charge on any atom is 0.133 e. The number of ether oxygens (including phenoxy) is 1. The Kier molecular flexibility index (Phi) is 2.27. The minimum atomic E-state index is -0.643. The lowest BCUT2D eigenvalue weighted by Gasteiger charge is -2.27. The lowest BCUT2D eigenvalue weighted by Crippen LogP contribution is -2.26. The normalized spacial score (nSPS) is 23.9. The van der Waals surface area contributed by atoms with Gasteiger partial charge in [-0.25, -0.2) is 0 Å². The van der Waals surface area contributed by atoms with Crippen molar-refractivity contribution in [3.8, 4) is 5.75 Å². The lowest BCUT2D eigenvalue weighted by molar-refractivity contribution is 0.121. The summed E-state index contributed by atoms with van der Waals surface area (Å²) >= 11 is 5.97. The molecule has 0 spiro atoms. The Morgan fingerprint density at radius 1 is 1.19 bits per heavy atom. The molecule has 1 N–H and O–H groups in total. The summed E-state index contributed by atoms with van der Waals surface area (Å²) in [6.45, 7) is 0.351. The van der Waals surface area contributed by atoms with Crippen molar-refractivity contribution in [2.75, 3.05) is 6.61 Å². The molecule has 0 aliphatic carbocycles. The highest BCUT2D eigenvalue weighted by Crippen LogP contribution is 2.39. The average molecular weight is 235 g/mol. The maximum absolute atomic E-state index is 9.98. The van der Waals surface area contributed by atoms with Gasteiger partial charge in [-0.3, -0.25) is 0 Å². The molecule has 2 nitrogen and oxygen atoms in total. The Balaban J connectivity index is 2.27. The first-order chi connectivity index (χ1) is 7.77. The van der Waals surface area contributed by atoms with Gasteiger partial charge in [-0.2, -0.15) is 0 Å². The van der Waals surface area contributed by atoms with Crippen LogP contribution in [0.5, 0.6) is 5.75 Å². The summed E-state index contributed by atoms with van der Waals surface area (Å²) < 4.78 is 5.63. The van der Waals surface area contributed by atoms with Gasteiger partial charge in [-0.15, -0.1) is 11.6 Å². The van der Waals surface area contributed by atoms with Crippen LogP contribution in [0.3, 0.4) is 0 Å². The van der Waals surface area contributed by atoms with Crippen LogP contribution in [0.25, 0.3) is 10.8 Å². The SMILES string of the molecule is OC1c2ccc3ccccc3c2OCC1Cl. The molecule has 0 fully saturated rings. The van der Waals surface area contributed by atoms with Gasteiger partial charge in [0.1, 0.15) is 18.5 Å². The van der Waals surface area contributed by atoms with Crippen LogP contribution in [-0.4, -0.2) is 17.1 Å². The number of benzene rings is 2. The van der Waals surface area contributed by atoms with Gasteiger partial charge in [0, 0.05) is 10.9 Å². The van der Waals surface area contributed by atoms with Crippen molar-refractivity contribution in [3.63, 3.8) is 0 Å². The molecule has 0 bridgehead atoms. The van der Waals surface area contributed by atoms with Crippen LogP contribution in [0.2, 0.25) is 0 Å². The molecule has 16 heavy (non-hydrogen) atoms. The standard InChI is InChI=1S/C13H11ClO2/c14-11-7-16-13-9-4-2-1-3-8(9)5-6-10(13)12(11)15/h1-6,11-12,15H,7H2. The van der Waals surface area contributed by atoms with E-state index < -0.39 is 6.10 Å². The van der Waals surface area contributed by atoms with Crippen molar-refractivity contribution in [1.29, 1.82) is 0 Å². The molecule has 2 atom stereocenters. The van der Waals surface area contributed by atoms with Gasteiger partial charge in [0.2, 0.25) is 0 Å². The third kappa shape index (κ3) is 1.38. The van der Waals surface area contributed by atoms with E-state index in [2.05, 4.69) is 0 Å². The van der Waals surface area contributed by atoms with Crippen molar-refractivity contribution in [2.45, 2.75) is 11.5 Å². The number of halogens is 1. The van der Waals surface area contributed by atoms with Crippen LogP contribution in [-0.2, 0) is 0 Å². The van der Waals surface area contributed by atoms with Crippen molar-refractivity contribution < 1.29 is 9.84 Å². The van der Waals surface area contributed by atoms with Crippen molar-refractivity contribution >= 4 is 22.4 Å². The molecule has 3 heteroatoms. The van der Waals surface area contributed by atoms with Gasteiger partial charge in [-0.05, 0) is 5.39 Å². The smallest absolute Gasteiger partial charge is 0.133 e. The summed E-state index contributed by atoms with van der Waals surface area (Å²) in [6.07, 6.45) is -0.643. The number of hydrogen-bond acceptors (Lipinski definition) is 2. The largest absolute Gasteiger partial charge is 0.491 e. The van der Waals surface area contributed by atoms with Gasteiger partial charge >= 0.3 is 0 Å². The van der Waals surface area contributed by atoms with E-state index in [9.17, 15) is 5.11 Å². The summed E-state index contributed by atoms with van der Waals surface area (Å²) in [6, 6.07) is 11.8. The van der Waals surface area contributed by atoms with Crippen molar-refractivity contribution in [2.24, 2.45) is 0 Å². The quantitative estimate of drug-likeness (QED) is 0.711. The fourth-order valence-electron chi connectivity index (χ4n) is 2.10. The van der Waals surface area contributed by atoms with E-state index in [1.165, 1.54) is 0 Å². The Morgan fingerprint density at radius 2 is 2.00 bits per heavy atom.